The Morgan fingerprint density at radius 1 is 1.33 bits per heavy atom. The molecule has 1 aliphatic heterocycles. The van der Waals surface area contributed by atoms with Crippen LogP contribution < -0.4 is 16.2 Å². The lowest BCUT2D eigenvalue weighted by Crippen LogP contribution is -2.44. The zero-order valence-electron chi connectivity index (χ0n) is 17.5. The number of thiophene rings is 1. The highest BCUT2D eigenvalue weighted by atomic mass is 32.2. The highest BCUT2D eigenvalue weighted by Crippen LogP contribution is 2.31. The number of aromatic amines is 1. The van der Waals surface area contributed by atoms with Crippen molar-refractivity contribution in [1.29, 1.82) is 0 Å². The molecule has 2 aromatic heterocycles. The third-order valence-electron chi connectivity index (χ3n) is 5.02. The van der Waals surface area contributed by atoms with Gasteiger partial charge in [-0.3, -0.25) is 4.79 Å². The summed E-state index contributed by atoms with van der Waals surface area (Å²) in [7, 11) is 0. The normalized spacial score (nSPS) is 15.1. The molecule has 2 amide bonds. The van der Waals surface area contributed by atoms with Gasteiger partial charge in [0.25, 0.3) is 5.56 Å². The van der Waals surface area contributed by atoms with Crippen LogP contribution in [0.2, 0.25) is 0 Å². The first kappa shape index (κ1) is 22.4. The molecule has 1 aliphatic rings. The predicted molar refractivity (Wildman–Crippen MR) is 119 cm³/mol. The molecule has 0 saturated heterocycles. The Hall–Kier alpha value is -2.33. The molecule has 0 bridgehead atoms. The summed E-state index contributed by atoms with van der Waals surface area (Å²) in [5.74, 6) is 0.299. The summed E-state index contributed by atoms with van der Waals surface area (Å²) in [4.78, 5) is 46.0. The van der Waals surface area contributed by atoms with Crippen LogP contribution in [0.25, 0.3) is 10.2 Å². The minimum Gasteiger partial charge on any atom is -0.463 e. The Labute approximate surface area is 182 Å². The SMILES string of the molecule is CCOC(=O)C1=C(CSc2nc3sc(C)c(CC(C)CC)c3c(=O)[nH]2)NC(=O)NC1. The van der Waals surface area contributed by atoms with Crippen LogP contribution in [-0.4, -0.2) is 40.9 Å². The largest absolute Gasteiger partial charge is 0.463 e. The average molecular weight is 451 g/mol. The van der Waals surface area contributed by atoms with E-state index in [1.165, 1.54) is 23.1 Å². The molecule has 3 heterocycles. The minimum atomic E-state index is -0.471. The molecule has 2 aromatic rings. The standard InChI is InChI=1S/C20H26N4O4S2/c1-5-10(3)7-12-11(4)30-17-15(12)16(25)23-20(24-17)29-9-14-13(18(26)28-6-2)8-21-19(27)22-14/h10H,5-9H2,1-4H3,(H2,21,22,27)(H,23,24,25). The van der Waals surface area contributed by atoms with Crippen molar-refractivity contribution < 1.29 is 14.3 Å². The molecule has 30 heavy (non-hydrogen) atoms. The van der Waals surface area contributed by atoms with Crippen LogP contribution >= 0.6 is 23.1 Å². The van der Waals surface area contributed by atoms with Gasteiger partial charge in [-0.05, 0) is 31.7 Å². The maximum absolute atomic E-state index is 12.8. The van der Waals surface area contributed by atoms with Crippen LogP contribution in [0, 0.1) is 12.8 Å². The monoisotopic (exact) mass is 450 g/mol. The molecule has 0 spiro atoms. The zero-order valence-corrected chi connectivity index (χ0v) is 19.1. The van der Waals surface area contributed by atoms with Crippen molar-refractivity contribution in [2.45, 2.75) is 45.7 Å². The number of fused-ring (bicyclic) bond motifs is 1. The predicted octanol–water partition coefficient (Wildman–Crippen LogP) is 3.10. The molecule has 0 saturated carbocycles. The van der Waals surface area contributed by atoms with E-state index in [2.05, 4.69) is 34.4 Å². The number of hydrogen-bond acceptors (Lipinski definition) is 7. The first-order chi connectivity index (χ1) is 14.3. The number of amides is 2. The fourth-order valence-corrected chi connectivity index (χ4v) is 5.13. The third kappa shape index (κ3) is 4.86. The first-order valence-corrected chi connectivity index (χ1v) is 11.7. The van der Waals surface area contributed by atoms with Crippen molar-refractivity contribution in [1.82, 2.24) is 20.6 Å². The molecule has 3 rings (SSSR count). The van der Waals surface area contributed by atoms with Crippen LogP contribution in [0.1, 0.15) is 37.6 Å². The second-order valence-electron chi connectivity index (χ2n) is 7.18. The highest BCUT2D eigenvalue weighted by molar-refractivity contribution is 7.99. The average Bonchev–Trinajstić information content (AvgIpc) is 3.01. The Morgan fingerprint density at radius 3 is 2.80 bits per heavy atom. The number of aromatic nitrogens is 2. The van der Waals surface area contributed by atoms with E-state index >= 15 is 0 Å². The first-order valence-electron chi connectivity index (χ1n) is 9.93. The second-order valence-corrected chi connectivity index (χ2v) is 9.35. The number of nitrogens with zero attached hydrogens (tertiary/aromatic N) is 1. The fraction of sp³-hybridized carbons (Fsp3) is 0.500. The summed E-state index contributed by atoms with van der Waals surface area (Å²) in [5, 5.41) is 6.35. The minimum absolute atomic E-state index is 0.104. The number of H-pyrrole nitrogens is 1. The van der Waals surface area contributed by atoms with Gasteiger partial charge < -0.3 is 20.4 Å². The van der Waals surface area contributed by atoms with Gasteiger partial charge in [0, 0.05) is 16.3 Å². The van der Waals surface area contributed by atoms with E-state index in [0.29, 0.717) is 32.6 Å². The molecule has 8 nitrogen and oxygen atoms in total. The van der Waals surface area contributed by atoms with Crippen molar-refractivity contribution >= 4 is 45.3 Å². The van der Waals surface area contributed by atoms with E-state index < -0.39 is 5.97 Å². The molecule has 0 radical (unpaired) electrons. The molecule has 0 aliphatic carbocycles. The summed E-state index contributed by atoms with van der Waals surface area (Å²) >= 11 is 2.79. The van der Waals surface area contributed by atoms with Gasteiger partial charge in [0.05, 0.1) is 24.1 Å². The van der Waals surface area contributed by atoms with E-state index in [1.807, 2.05) is 6.92 Å². The number of rotatable bonds is 8. The Morgan fingerprint density at radius 2 is 2.10 bits per heavy atom. The smallest absolute Gasteiger partial charge is 0.337 e. The van der Waals surface area contributed by atoms with Gasteiger partial charge in [-0.1, -0.05) is 32.0 Å². The number of ether oxygens (including phenoxy) is 1. The lowest BCUT2D eigenvalue weighted by Gasteiger charge is -2.20. The molecule has 0 aromatic carbocycles. The maximum atomic E-state index is 12.8. The molecular weight excluding hydrogens is 424 g/mol. The number of hydrogen-bond donors (Lipinski definition) is 3. The van der Waals surface area contributed by atoms with Crippen molar-refractivity contribution in [3.8, 4) is 0 Å². The van der Waals surface area contributed by atoms with Gasteiger partial charge in [0.2, 0.25) is 0 Å². The van der Waals surface area contributed by atoms with Crippen molar-refractivity contribution in [3.05, 3.63) is 32.1 Å². The van der Waals surface area contributed by atoms with Crippen LogP contribution in [-0.2, 0) is 16.0 Å². The van der Waals surface area contributed by atoms with E-state index in [1.54, 1.807) is 6.92 Å². The Bertz CT molecular complexity index is 1060. The highest BCUT2D eigenvalue weighted by Gasteiger charge is 2.24. The van der Waals surface area contributed by atoms with Crippen LogP contribution in [0.3, 0.4) is 0 Å². The van der Waals surface area contributed by atoms with E-state index in [9.17, 15) is 14.4 Å². The molecule has 0 fully saturated rings. The van der Waals surface area contributed by atoms with Crippen molar-refractivity contribution in [2.24, 2.45) is 5.92 Å². The van der Waals surface area contributed by atoms with Gasteiger partial charge in [-0.25, -0.2) is 14.6 Å². The third-order valence-corrected chi connectivity index (χ3v) is 6.96. The second kappa shape index (κ2) is 9.65. The summed E-state index contributed by atoms with van der Waals surface area (Å²) in [6, 6.07) is -0.376. The van der Waals surface area contributed by atoms with Crippen molar-refractivity contribution in [3.63, 3.8) is 0 Å². The number of nitrogens with one attached hydrogen (secondary N) is 3. The van der Waals surface area contributed by atoms with Crippen LogP contribution in [0.15, 0.2) is 21.2 Å². The molecular formula is C20H26N4O4S2. The number of aryl methyl sites for hydroxylation is 1. The molecule has 1 atom stereocenters. The zero-order chi connectivity index (χ0) is 21.8. The molecule has 10 heteroatoms. The van der Waals surface area contributed by atoms with Gasteiger partial charge in [0.15, 0.2) is 5.16 Å². The van der Waals surface area contributed by atoms with Gasteiger partial charge >= 0.3 is 12.0 Å². The van der Waals surface area contributed by atoms with Crippen LogP contribution in [0.5, 0.6) is 0 Å². The Balaban J connectivity index is 1.86. The Kier molecular flexibility index (Phi) is 7.19. The summed E-state index contributed by atoms with van der Waals surface area (Å²) < 4.78 is 5.06. The number of carbonyl (C=O) groups excluding carboxylic acids is 2. The van der Waals surface area contributed by atoms with Gasteiger partial charge in [0.1, 0.15) is 4.83 Å². The lowest BCUT2D eigenvalue weighted by atomic mass is 9.98. The number of carbonyl (C=O) groups is 2. The number of urea groups is 1. The molecule has 162 valence electrons. The fourth-order valence-electron chi connectivity index (χ4n) is 3.17. The lowest BCUT2D eigenvalue weighted by molar-refractivity contribution is -0.138. The van der Waals surface area contributed by atoms with Gasteiger partial charge in [-0.2, -0.15) is 0 Å². The van der Waals surface area contributed by atoms with Crippen molar-refractivity contribution in [2.75, 3.05) is 18.9 Å². The topological polar surface area (TPSA) is 113 Å². The van der Waals surface area contributed by atoms with Gasteiger partial charge in [-0.15, -0.1) is 11.3 Å². The summed E-state index contributed by atoms with van der Waals surface area (Å²) in [6.45, 7) is 8.43. The van der Waals surface area contributed by atoms with E-state index in [-0.39, 0.29) is 30.5 Å². The van der Waals surface area contributed by atoms with E-state index in [0.717, 1.165) is 23.3 Å². The summed E-state index contributed by atoms with van der Waals surface area (Å²) in [6.07, 6.45) is 1.91. The number of thioether (sulfide) groups is 1. The van der Waals surface area contributed by atoms with Crippen LogP contribution in [0.4, 0.5) is 4.79 Å². The number of esters is 1. The quantitative estimate of drug-likeness (QED) is 0.324. The maximum Gasteiger partial charge on any atom is 0.337 e. The molecule has 1 unspecified atom stereocenters. The van der Waals surface area contributed by atoms with E-state index in [4.69, 9.17) is 4.74 Å². The summed E-state index contributed by atoms with van der Waals surface area (Å²) in [5.41, 5.74) is 1.76. The molecule has 3 N–H and O–H groups in total.